The first-order valence-electron chi connectivity index (χ1n) is 5.50. The number of carbonyl (C=O) groups is 1. The highest BCUT2D eigenvalue weighted by molar-refractivity contribution is 7.87. The van der Waals surface area contributed by atoms with Gasteiger partial charge in [0.1, 0.15) is 6.04 Å². The standard InChI is InChI=1S/C8H13BF3NO6S/c1-9(15)13-4-5(3-6(13)7(14)18-2)19-20(16,17)8(10,11)12/h5-6,15H,3-4H2,1-2H3/t5?,6-/m1/s1. The highest BCUT2D eigenvalue weighted by Crippen LogP contribution is 2.30. The Kier molecular flexibility index (Phi) is 5.06. The van der Waals surface area contributed by atoms with Crippen molar-refractivity contribution < 1.29 is 40.3 Å². The van der Waals surface area contributed by atoms with Crippen LogP contribution in [0.2, 0.25) is 6.82 Å². The van der Waals surface area contributed by atoms with Crippen LogP contribution in [0, 0.1) is 0 Å². The van der Waals surface area contributed by atoms with Gasteiger partial charge in [0.2, 0.25) is 0 Å². The van der Waals surface area contributed by atoms with E-state index in [1.54, 1.807) is 0 Å². The highest BCUT2D eigenvalue weighted by Gasteiger charge is 2.51. The van der Waals surface area contributed by atoms with Crippen LogP contribution in [0.25, 0.3) is 0 Å². The molecule has 0 aliphatic carbocycles. The number of hydrogen-bond donors (Lipinski definition) is 1. The van der Waals surface area contributed by atoms with Gasteiger partial charge in [-0.15, -0.1) is 0 Å². The van der Waals surface area contributed by atoms with E-state index in [2.05, 4.69) is 8.92 Å². The molecule has 1 rings (SSSR count). The fourth-order valence-electron chi connectivity index (χ4n) is 1.91. The van der Waals surface area contributed by atoms with Crippen molar-refractivity contribution in [2.45, 2.75) is 30.9 Å². The molecule has 0 aromatic carbocycles. The van der Waals surface area contributed by atoms with Crippen LogP contribution in [0.3, 0.4) is 0 Å². The Labute approximate surface area is 113 Å². The van der Waals surface area contributed by atoms with E-state index in [4.69, 9.17) is 0 Å². The Balaban J connectivity index is 2.84. The van der Waals surface area contributed by atoms with Crippen LogP contribution in [0.1, 0.15) is 6.42 Å². The van der Waals surface area contributed by atoms with E-state index < -0.39 is 40.8 Å². The lowest BCUT2D eigenvalue weighted by Crippen LogP contribution is -2.45. The van der Waals surface area contributed by atoms with E-state index in [-0.39, 0.29) is 13.0 Å². The second kappa shape index (κ2) is 5.88. The monoisotopic (exact) mass is 319 g/mol. The van der Waals surface area contributed by atoms with E-state index in [0.717, 1.165) is 11.9 Å². The van der Waals surface area contributed by atoms with Gasteiger partial charge >= 0.3 is 28.6 Å². The van der Waals surface area contributed by atoms with Gasteiger partial charge in [-0.25, -0.2) is 0 Å². The first-order valence-corrected chi connectivity index (χ1v) is 6.91. The number of ether oxygens (including phenoxy) is 1. The molecular formula is C8H13BF3NO6S. The average Bonchev–Trinajstić information content (AvgIpc) is 2.69. The first-order chi connectivity index (χ1) is 8.99. The van der Waals surface area contributed by atoms with Gasteiger partial charge in [-0.05, 0) is 6.82 Å². The maximum Gasteiger partial charge on any atom is 0.523 e. The molecule has 0 amide bonds. The molecule has 0 aromatic rings. The summed E-state index contributed by atoms with van der Waals surface area (Å²) in [5, 5.41) is 9.43. The molecule has 0 spiro atoms. The van der Waals surface area contributed by atoms with Gasteiger partial charge in [-0.3, -0.25) is 8.98 Å². The summed E-state index contributed by atoms with van der Waals surface area (Å²) < 4.78 is 66.9. The van der Waals surface area contributed by atoms with Crippen LogP contribution in [0.4, 0.5) is 13.2 Å². The summed E-state index contributed by atoms with van der Waals surface area (Å²) in [6.07, 6.45) is -1.72. The first kappa shape index (κ1) is 17.2. The largest absolute Gasteiger partial charge is 0.523 e. The Morgan fingerprint density at radius 3 is 2.40 bits per heavy atom. The zero-order chi connectivity index (χ0) is 15.7. The van der Waals surface area contributed by atoms with Crippen molar-refractivity contribution in [3.05, 3.63) is 0 Å². The van der Waals surface area contributed by atoms with E-state index in [9.17, 15) is 31.4 Å². The molecule has 1 unspecified atom stereocenters. The minimum absolute atomic E-state index is 0.327. The summed E-state index contributed by atoms with van der Waals surface area (Å²) in [4.78, 5) is 12.5. The summed E-state index contributed by atoms with van der Waals surface area (Å²) in [7, 11) is -5.84. The van der Waals surface area contributed by atoms with Gasteiger partial charge in [-0.2, -0.15) is 21.6 Å². The van der Waals surface area contributed by atoms with Crippen molar-refractivity contribution >= 4 is 23.1 Å². The number of esters is 1. The van der Waals surface area contributed by atoms with Crippen LogP contribution < -0.4 is 0 Å². The quantitative estimate of drug-likeness (QED) is 0.325. The molecule has 12 heteroatoms. The molecule has 1 N–H and O–H groups in total. The van der Waals surface area contributed by atoms with Gasteiger partial charge in [0.25, 0.3) is 0 Å². The highest BCUT2D eigenvalue weighted by atomic mass is 32.2. The molecule has 1 saturated heterocycles. The number of carbonyl (C=O) groups excluding carboxylic acids is 1. The number of rotatable bonds is 4. The van der Waals surface area contributed by atoms with Crippen molar-refractivity contribution in [1.82, 2.24) is 4.81 Å². The molecule has 0 bridgehead atoms. The molecule has 20 heavy (non-hydrogen) atoms. The smallest absolute Gasteiger partial charge is 0.468 e. The average molecular weight is 319 g/mol. The van der Waals surface area contributed by atoms with Crippen molar-refractivity contribution in [2.24, 2.45) is 0 Å². The van der Waals surface area contributed by atoms with Gasteiger partial charge < -0.3 is 14.6 Å². The zero-order valence-corrected chi connectivity index (χ0v) is 11.4. The summed E-state index contributed by atoms with van der Waals surface area (Å²) in [5.74, 6) is -0.790. The van der Waals surface area contributed by atoms with Crippen LogP contribution in [-0.4, -0.2) is 62.6 Å². The molecule has 7 nitrogen and oxygen atoms in total. The third kappa shape index (κ3) is 3.62. The van der Waals surface area contributed by atoms with Crippen LogP contribution in [0.5, 0.6) is 0 Å². The van der Waals surface area contributed by atoms with Crippen molar-refractivity contribution in [3.63, 3.8) is 0 Å². The molecule has 0 saturated carbocycles. The second-order valence-electron chi connectivity index (χ2n) is 4.22. The number of hydrogen-bond acceptors (Lipinski definition) is 7. The lowest BCUT2D eigenvalue weighted by Gasteiger charge is -2.22. The van der Waals surface area contributed by atoms with Crippen molar-refractivity contribution in [1.29, 1.82) is 0 Å². The minimum Gasteiger partial charge on any atom is -0.468 e. The normalized spacial score (nSPS) is 24.7. The van der Waals surface area contributed by atoms with Gasteiger partial charge in [0, 0.05) is 13.0 Å². The Morgan fingerprint density at radius 2 is 2.00 bits per heavy atom. The summed E-state index contributed by atoms with van der Waals surface area (Å²) in [6, 6.07) is -1.06. The maximum absolute atomic E-state index is 12.2. The third-order valence-corrected chi connectivity index (χ3v) is 3.89. The van der Waals surface area contributed by atoms with Crippen LogP contribution in [-0.2, 0) is 23.8 Å². The fraction of sp³-hybridized carbons (Fsp3) is 0.875. The third-order valence-electron chi connectivity index (χ3n) is 2.80. The Hall–Kier alpha value is -0.845. The molecule has 1 heterocycles. The van der Waals surface area contributed by atoms with Crippen molar-refractivity contribution in [2.75, 3.05) is 13.7 Å². The summed E-state index contributed by atoms with van der Waals surface area (Å²) in [6.45, 7) is 0.948. The maximum atomic E-state index is 12.2. The van der Waals surface area contributed by atoms with Crippen LogP contribution in [0.15, 0.2) is 0 Å². The predicted molar refractivity (Wildman–Crippen MR) is 60.8 cm³/mol. The molecule has 2 atom stereocenters. The molecule has 0 radical (unpaired) electrons. The zero-order valence-electron chi connectivity index (χ0n) is 10.6. The van der Waals surface area contributed by atoms with Gasteiger partial charge in [-0.1, -0.05) is 0 Å². The number of alkyl halides is 3. The number of methoxy groups -OCH3 is 1. The van der Waals surface area contributed by atoms with Gasteiger partial charge in [0.15, 0.2) is 0 Å². The number of halogens is 3. The second-order valence-corrected chi connectivity index (χ2v) is 5.79. The molecule has 0 aromatic heterocycles. The van der Waals surface area contributed by atoms with E-state index in [0.29, 0.717) is 0 Å². The molecule has 1 aliphatic heterocycles. The van der Waals surface area contributed by atoms with E-state index >= 15 is 0 Å². The topological polar surface area (TPSA) is 93.1 Å². The number of nitrogens with zero attached hydrogens (tertiary/aromatic N) is 1. The lowest BCUT2D eigenvalue weighted by atomic mass is 9.84. The lowest BCUT2D eigenvalue weighted by molar-refractivity contribution is -0.144. The van der Waals surface area contributed by atoms with E-state index in [1.165, 1.54) is 6.82 Å². The fourth-order valence-corrected chi connectivity index (χ4v) is 2.51. The van der Waals surface area contributed by atoms with E-state index in [1.807, 2.05) is 0 Å². The molecular weight excluding hydrogens is 306 g/mol. The summed E-state index contributed by atoms with van der Waals surface area (Å²) in [5.41, 5.74) is -5.54. The molecule has 1 aliphatic rings. The Bertz CT molecular complexity index is 467. The molecule has 1 fully saturated rings. The summed E-state index contributed by atoms with van der Waals surface area (Å²) >= 11 is 0. The predicted octanol–water partition coefficient (Wildman–Crippen LogP) is -0.421. The minimum atomic E-state index is -5.75. The van der Waals surface area contributed by atoms with Gasteiger partial charge in [0.05, 0.1) is 13.2 Å². The van der Waals surface area contributed by atoms with Crippen LogP contribution >= 0.6 is 0 Å². The van der Waals surface area contributed by atoms with Crippen molar-refractivity contribution in [3.8, 4) is 0 Å². The SMILES string of the molecule is COC(=O)[C@H]1CC(OS(=O)(=O)C(F)(F)F)CN1B(C)O. The molecule has 116 valence electrons. The Morgan fingerprint density at radius 1 is 1.45 bits per heavy atom.